The van der Waals surface area contributed by atoms with Gasteiger partial charge in [-0.15, -0.1) is 4.73 Å². The van der Waals surface area contributed by atoms with Crippen molar-refractivity contribution in [3.63, 3.8) is 0 Å². The summed E-state index contributed by atoms with van der Waals surface area (Å²) in [4.78, 5) is 29.4. The van der Waals surface area contributed by atoms with Crippen molar-refractivity contribution in [1.29, 1.82) is 0 Å². The highest BCUT2D eigenvalue weighted by molar-refractivity contribution is 6.12. The van der Waals surface area contributed by atoms with Crippen molar-refractivity contribution >= 4 is 27.3 Å². The normalized spacial score (nSPS) is 11.7. The summed E-state index contributed by atoms with van der Waals surface area (Å²) in [6.45, 7) is 0. The number of hydrogen-bond donors (Lipinski definition) is 0. The smallest absolute Gasteiger partial charge is 0.284 e. The van der Waals surface area contributed by atoms with Crippen LogP contribution in [-0.2, 0) is 0 Å². The van der Waals surface area contributed by atoms with E-state index >= 15 is 0 Å². The number of pyridine rings is 2. The molecule has 0 aliphatic rings. The van der Waals surface area contributed by atoms with E-state index in [9.17, 15) is 9.59 Å². The number of fused-ring (bicyclic) bond motifs is 3. The second-order valence-corrected chi connectivity index (χ2v) is 4.63. The van der Waals surface area contributed by atoms with Gasteiger partial charge >= 0.3 is 0 Å². The Labute approximate surface area is 112 Å². The standard InChI is InChI=1S/C15H10N2O3/c1-20-17-12-6-7-13(18)16-11-5-3-2-4-9(11)10(15(12)16)8-14(17)19/h2-8H,1H3. The molecule has 0 aliphatic heterocycles. The van der Waals surface area contributed by atoms with Gasteiger partial charge in [0.25, 0.3) is 11.1 Å². The van der Waals surface area contributed by atoms with E-state index in [4.69, 9.17) is 4.84 Å². The maximum absolute atomic E-state index is 12.2. The van der Waals surface area contributed by atoms with Crippen LogP contribution in [0.5, 0.6) is 0 Å². The monoisotopic (exact) mass is 266 g/mol. The molecule has 1 aromatic carbocycles. The van der Waals surface area contributed by atoms with Crippen LogP contribution in [0.4, 0.5) is 0 Å². The number of nitrogens with zero attached hydrogens (tertiary/aromatic N) is 2. The van der Waals surface area contributed by atoms with Gasteiger partial charge in [-0.1, -0.05) is 18.2 Å². The Morgan fingerprint density at radius 1 is 0.900 bits per heavy atom. The van der Waals surface area contributed by atoms with Gasteiger partial charge in [0.05, 0.1) is 11.0 Å². The number of para-hydroxylation sites is 1. The van der Waals surface area contributed by atoms with Crippen molar-refractivity contribution in [2.75, 3.05) is 7.11 Å². The highest BCUT2D eigenvalue weighted by Gasteiger charge is 2.16. The topological polar surface area (TPSA) is 52.7 Å². The Morgan fingerprint density at radius 2 is 1.70 bits per heavy atom. The van der Waals surface area contributed by atoms with Crippen molar-refractivity contribution in [3.8, 4) is 0 Å². The fraction of sp³-hybridized carbons (Fsp3) is 0.0667. The summed E-state index contributed by atoms with van der Waals surface area (Å²) in [5.74, 6) is 0. The summed E-state index contributed by atoms with van der Waals surface area (Å²) in [6, 6.07) is 12.1. The van der Waals surface area contributed by atoms with Crippen LogP contribution in [0.15, 0.2) is 52.1 Å². The summed E-state index contributed by atoms with van der Waals surface area (Å²) in [6.07, 6.45) is 0. The average molecular weight is 266 g/mol. The van der Waals surface area contributed by atoms with Crippen LogP contribution in [0.2, 0.25) is 0 Å². The molecule has 0 aliphatic carbocycles. The maximum Gasteiger partial charge on any atom is 0.284 e. The second-order valence-electron chi connectivity index (χ2n) is 4.63. The van der Waals surface area contributed by atoms with Gasteiger partial charge in [-0.2, -0.15) is 0 Å². The van der Waals surface area contributed by atoms with Crippen LogP contribution in [0.3, 0.4) is 0 Å². The van der Waals surface area contributed by atoms with Crippen LogP contribution in [0.25, 0.3) is 27.3 Å². The van der Waals surface area contributed by atoms with E-state index in [1.165, 1.54) is 24.0 Å². The highest BCUT2D eigenvalue weighted by atomic mass is 16.6. The zero-order valence-electron chi connectivity index (χ0n) is 10.7. The van der Waals surface area contributed by atoms with Crippen LogP contribution < -0.4 is 16.0 Å². The van der Waals surface area contributed by atoms with Crippen LogP contribution in [0.1, 0.15) is 0 Å². The van der Waals surface area contributed by atoms with Crippen molar-refractivity contribution < 1.29 is 4.84 Å². The molecule has 0 N–H and O–H groups in total. The first kappa shape index (κ1) is 11.0. The summed E-state index contributed by atoms with van der Waals surface area (Å²) >= 11 is 0. The van der Waals surface area contributed by atoms with Crippen molar-refractivity contribution in [3.05, 3.63) is 63.2 Å². The van der Waals surface area contributed by atoms with E-state index in [-0.39, 0.29) is 11.1 Å². The zero-order valence-corrected chi connectivity index (χ0v) is 10.7. The maximum atomic E-state index is 12.2. The Kier molecular flexibility index (Phi) is 1.99. The van der Waals surface area contributed by atoms with Crippen molar-refractivity contribution in [2.45, 2.75) is 0 Å². The first-order valence-corrected chi connectivity index (χ1v) is 6.18. The fourth-order valence-corrected chi connectivity index (χ4v) is 2.85. The van der Waals surface area contributed by atoms with Crippen LogP contribution in [0, 0.1) is 0 Å². The van der Waals surface area contributed by atoms with Crippen molar-refractivity contribution in [1.82, 2.24) is 9.13 Å². The minimum atomic E-state index is -0.253. The van der Waals surface area contributed by atoms with E-state index in [0.29, 0.717) is 11.0 Å². The molecule has 0 unspecified atom stereocenters. The molecule has 5 heteroatoms. The molecule has 0 amide bonds. The van der Waals surface area contributed by atoms with Gasteiger partial charge in [0, 0.05) is 22.9 Å². The molecular weight excluding hydrogens is 256 g/mol. The molecule has 98 valence electrons. The third-order valence-corrected chi connectivity index (χ3v) is 3.63. The second kappa shape index (κ2) is 3.60. The average Bonchev–Trinajstić information content (AvgIpc) is 2.79. The molecule has 0 atom stereocenters. The molecule has 3 aromatic heterocycles. The molecule has 4 rings (SSSR count). The minimum Gasteiger partial charge on any atom is -0.413 e. The predicted molar refractivity (Wildman–Crippen MR) is 76.6 cm³/mol. The SMILES string of the molecule is COn1c(=O)cc2c3ccccc3n3c(=O)ccc1c23. The number of hydrogen-bond acceptors (Lipinski definition) is 3. The van der Waals surface area contributed by atoms with Gasteiger partial charge in [-0.3, -0.25) is 14.0 Å². The molecule has 3 heterocycles. The van der Waals surface area contributed by atoms with Crippen LogP contribution >= 0.6 is 0 Å². The summed E-state index contributed by atoms with van der Waals surface area (Å²) in [5, 5.41) is 1.66. The van der Waals surface area contributed by atoms with E-state index in [2.05, 4.69) is 0 Å². The number of benzene rings is 1. The number of aromatic nitrogens is 2. The molecule has 5 nitrogen and oxygen atoms in total. The minimum absolute atomic E-state index is 0.120. The first-order chi connectivity index (χ1) is 9.72. The fourth-order valence-electron chi connectivity index (χ4n) is 2.85. The van der Waals surface area contributed by atoms with Gasteiger partial charge in [0.15, 0.2) is 0 Å². The third kappa shape index (κ3) is 1.17. The van der Waals surface area contributed by atoms with Gasteiger partial charge in [0.1, 0.15) is 12.6 Å². The van der Waals surface area contributed by atoms with Crippen LogP contribution in [-0.4, -0.2) is 16.2 Å². The van der Waals surface area contributed by atoms with E-state index in [0.717, 1.165) is 16.3 Å². The largest absolute Gasteiger partial charge is 0.413 e. The predicted octanol–water partition coefficient (Wildman–Crippen LogP) is 1.26. The van der Waals surface area contributed by atoms with E-state index in [1.54, 1.807) is 10.5 Å². The molecular formula is C15H10N2O3. The Balaban J connectivity index is 2.50. The molecule has 0 saturated heterocycles. The molecule has 0 bridgehead atoms. The first-order valence-electron chi connectivity index (χ1n) is 6.18. The summed E-state index contributed by atoms with van der Waals surface area (Å²) in [7, 11) is 1.43. The van der Waals surface area contributed by atoms with E-state index in [1.807, 2.05) is 24.3 Å². The van der Waals surface area contributed by atoms with Gasteiger partial charge in [0.2, 0.25) is 0 Å². The lowest BCUT2D eigenvalue weighted by Crippen LogP contribution is -2.25. The Morgan fingerprint density at radius 3 is 2.50 bits per heavy atom. The molecule has 0 saturated carbocycles. The van der Waals surface area contributed by atoms with Gasteiger partial charge in [-0.25, -0.2) is 0 Å². The zero-order chi connectivity index (χ0) is 13.9. The molecule has 20 heavy (non-hydrogen) atoms. The Bertz CT molecular complexity index is 1080. The lowest BCUT2D eigenvalue weighted by atomic mass is 10.2. The third-order valence-electron chi connectivity index (χ3n) is 3.63. The lowest BCUT2D eigenvalue weighted by molar-refractivity contribution is 0.169. The Hall–Kier alpha value is -2.82. The highest BCUT2D eigenvalue weighted by Crippen LogP contribution is 2.28. The van der Waals surface area contributed by atoms with Crippen molar-refractivity contribution in [2.24, 2.45) is 0 Å². The quantitative estimate of drug-likeness (QED) is 0.521. The lowest BCUT2D eigenvalue weighted by Gasteiger charge is -2.07. The molecule has 0 spiro atoms. The van der Waals surface area contributed by atoms with Gasteiger partial charge < -0.3 is 4.84 Å². The molecule has 4 aromatic rings. The summed E-state index contributed by atoms with van der Waals surface area (Å²) < 4.78 is 2.82. The summed E-state index contributed by atoms with van der Waals surface area (Å²) in [5.41, 5.74) is 1.72. The van der Waals surface area contributed by atoms with Gasteiger partial charge in [-0.05, 0) is 12.1 Å². The number of rotatable bonds is 1. The molecule has 0 radical (unpaired) electrons. The van der Waals surface area contributed by atoms with E-state index < -0.39 is 0 Å². The molecule has 0 fully saturated rings.